The molecule has 3 aliphatic carbocycles. The SMILES string of the molecule is CCC[C@H]1[C@@H]2CC[C@H]3C[C@@H](C)CC[C@]3(C)C2CC[C@]1(C)[C@H](C)C(=O)COc1ccon1. The molecule has 3 fully saturated rings. The van der Waals surface area contributed by atoms with Gasteiger partial charge in [-0.25, -0.2) is 0 Å². The number of Topliss-reactive ketones (excluding diaryl/α,β-unsaturated/α-hetero) is 1. The van der Waals surface area contributed by atoms with E-state index in [4.69, 9.17) is 9.26 Å². The fourth-order valence-electron chi connectivity index (χ4n) is 8.13. The van der Waals surface area contributed by atoms with Crippen LogP contribution in [0.5, 0.6) is 5.88 Å². The van der Waals surface area contributed by atoms with Gasteiger partial charge < -0.3 is 9.26 Å². The molecule has 4 nitrogen and oxygen atoms in total. The molecule has 0 N–H and O–H groups in total. The second-order valence-corrected chi connectivity index (χ2v) is 11.7. The average Bonchev–Trinajstić information content (AvgIpc) is 3.27. The highest BCUT2D eigenvalue weighted by molar-refractivity contribution is 5.83. The maximum absolute atomic E-state index is 13.2. The predicted octanol–water partition coefficient (Wildman–Crippen LogP) is 6.94. The summed E-state index contributed by atoms with van der Waals surface area (Å²) in [6.45, 7) is 12.1. The van der Waals surface area contributed by atoms with Gasteiger partial charge in [0.25, 0.3) is 5.88 Å². The minimum Gasteiger partial charge on any atom is -0.467 e. The molecule has 8 atom stereocenters. The lowest BCUT2D eigenvalue weighted by Crippen LogP contribution is -2.55. The van der Waals surface area contributed by atoms with Gasteiger partial charge in [-0.1, -0.05) is 47.5 Å². The summed E-state index contributed by atoms with van der Waals surface area (Å²) in [7, 11) is 0. The molecule has 0 amide bonds. The van der Waals surface area contributed by atoms with Crippen molar-refractivity contribution in [1.82, 2.24) is 5.16 Å². The second-order valence-electron chi connectivity index (χ2n) is 11.7. The van der Waals surface area contributed by atoms with Crippen LogP contribution in [0.25, 0.3) is 0 Å². The van der Waals surface area contributed by atoms with E-state index in [9.17, 15) is 4.79 Å². The fraction of sp³-hybridized carbons (Fsp3) is 0.852. The van der Waals surface area contributed by atoms with E-state index in [1.807, 2.05) is 0 Å². The van der Waals surface area contributed by atoms with Crippen LogP contribution in [0.3, 0.4) is 0 Å². The summed E-state index contributed by atoms with van der Waals surface area (Å²) in [5.41, 5.74) is 0.582. The van der Waals surface area contributed by atoms with Gasteiger partial charge in [0.2, 0.25) is 0 Å². The van der Waals surface area contributed by atoms with Crippen LogP contribution in [0.15, 0.2) is 16.9 Å². The third-order valence-corrected chi connectivity index (χ3v) is 10.2. The van der Waals surface area contributed by atoms with Crippen molar-refractivity contribution >= 4 is 5.78 Å². The largest absolute Gasteiger partial charge is 0.467 e. The predicted molar refractivity (Wildman–Crippen MR) is 123 cm³/mol. The van der Waals surface area contributed by atoms with E-state index < -0.39 is 0 Å². The van der Waals surface area contributed by atoms with Crippen LogP contribution in [-0.4, -0.2) is 17.5 Å². The maximum atomic E-state index is 13.2. The average molecular weight is 430 g/mol. The fourth-order valence-corrected chi connectivity index (χ4v) is 8.13. The standard InChI is InChI=1S/C27H43NO3/c1-6-7-22-21-9-8-20-16-18(2)10-13-27(20,5)23(21)11-14-26(22,4)19(3)24(29)17-30-25-12-15-31-28-25/h12,15,18-23H,6-11,13-14,16-17H2,1-5H3/t18-,19+,20-,21-,22-,23?,26+,27-/m0/s1. The maximum Gasteiger partial charge on any atom is 0.254 e. The Balaban J connectivity index is 1.52. The Bertz CT molecular complexity index is 746. The van der Waals surface area contributed by atoms with Gasteiger partial charge >= 0.3 is 0 Å². The molecular weight excluding hydrogens is 386 g/mol. The Morgan fingerprint density at radius 3 is 2.77 bits per heavy atom. The molecule has 4 heteroatoms. The van der Waals surface area contributed by atoms with E-state index in [2.05, 4.69) is 39.8 Å². The van der Waals surface area contributed by atoms with E-state index in [0.717, 1.165) is 23.7 Å². The van der Waals surface area contributed by atoms with Crippen LogP contribution in [-0.2, 0) is 4.79 Å². The number of aromatic nitrogens is 1. The monoisotopic (exact) mass is 429 g/mol. The first-order valence-corrected chi connectivity index (χ1v) is 12.9. The molecule has 0 aromatic carbocycles. The third kappa shape index (κ3) is 4.09. The highest BCUT2D eigenvalue weighted by Crippen LogP contribution is 2.65. The molecule has 1 aromatic rings. The molecule has 1 heterocycles. The van der Waals surface area contributed by atoms with E-state index in [0.29, 0.717) is 17.2 Å². The zero-order chi connectivity index (χ0) is 22.2. The summed E-state index contributed by atoms with van der Waals surface area (Å²) in [5.74, 6) is 4.69. The lowest BCUT2D eigenvalue weighted by molar-refractivity contribution is -0.148. The van der Waals surface area contributed by atoms with Crippen molar-refractivity contribution in [2.75, 3.05) is 6.61 Å². The van der Waals surface area contributed by atoms with Crippen molar-refractivity contribution in [2.45, 2.75) is 92.4 Å². The third-order valence-electron chi connectivity index (χ3n) is 10.2. The Kier molecular flexibility index (Phi) is 6.57. The Hall–Kier alpha value is -1.32. The summed E-state index contributed by atoms with van der Waals surface area (Å²) in [6, 6.07) is 1.66. The van der Waals surface area contributed by atoms with Crippen molar-refractivity contribution < 1.29 is 14.1 Å². The van der Waals surface area contributed by atoms with Gasteiger partial charge in [0.05, 0.1) is 0 Å². The summed E-state index contributed by atoms with van der Waals surface area (Å²) >= 11 is 0. The van der Waals surface area contributed by atoms with Crippen LogP contribution in [0.2, 0.25) is 0 Å². The molecule has 3 aliphatic rings. The molecule has 1 unspecified atom stereocenters. The summed E-state index contributed by atoms with van der Waals surface area (Å²) < 4.78 is 10.4. The molecule has 4 rings (SSSR count). The number of ether oxygens (including phenoxy) is 1. The zero-order valence-electron chi connectivity index (χ0n) is 20.4. The number of carbonyl (C=O) groups excluding carboxylic acids is 1. The normalized spacial score (nSPS) is 41.1. The number of ketones is 1. The molecule has 0 spiro atoms. The topological polar surface area (TPSA) is 52.3 Å². The molecular formula is C27H43NO3. The van der Waals surface area contributed by atoms with Gasteiger partial charge in [-0.05, 0) is 90.5 Å². The van der Waals surface area contributed by atoms with Gasteiger partial charge in [0.1, 0.15) is 12.9 Å². The molecule has 31 heavy (non-hydrogen) atoms. The first kappa shape index (κ1) is 22.9. The Labute approximate surface area is 188 Å². The van der Waals surface area contributed by atoms with E-state index in [1.54, 1.807) is 6.07 Å². The number of carbonyl (C=O) groups is 1. The second kappa shape index (κ2) is 8.90. The van der Waals surface area contributed by atoms with Crippen LogP contribution in [0, 0.1) is 46.3 Å². The minimum atomic E-state index is 0.00816. The lowest BCUT2D eigenvalue weighted by Gasteiger charge is -2.62. The molecule has 0 radical (unpaired) electrons. The van der Waals surface area contributed by atoms with Gasteiger partial charge in [-0.15, -0.1) is 0 Å². The Morgan fingerprint density at radius 2 is 2.06 bits per heavy atom. The highest BCUT2D eigenvalue weighted by atomic mass is 16.5. The van der Waals surface area contributed by atoms with Crippen molar-refractivity contribution in [3.63, 3.8) is 0 Å². The lowest BCUT2D eigenvalue weighted by atomic mass is 9.42. The minimum absolute atomic E-state index is 0.00816. The number of rotatable bonds is 7. The molecule has 174 valence electrons. The smallest absolute Gasteiger partial charge is 0.254 e. The van der Waals surface area contributed by atoms with Crippen molar-refractivity contribution in [3.05, 3.63) is 12.3 Å². The van der Waals surface area contributed by atoms with Crippen LogP contribution in [0.1, 0.15) is 92.4 Å². The summed E-state index contributed by atoms with van der Waals surface area (Å²) in [5, 5.41) is 3.78. The summed E-state index contributed by atoms with van der Waals surface area (Å²) in [4.78, 5) is 13.2. The van der Waals surface area contributed by atoms with Gasteiger partial charge in [-0.3, -0.25) is 4.79 Å². The molecule has 0 saturated heterocycles. The molecule has 3 saturated carbocycles. The van der Waals surface area contributed by atoms with Crippen molar-refractivity contribution in [2.24, 2.45) is 46.3 Å². The highest BCUT2D eigenvalue weighted by Gasteiger charge is 2.58. The van der Waals surface area contributed by atoms with Gasteiger partial charge in [0.15, 0.2) is 5.78 Å². The van der Waals surface area contributed by atoms with Gasteiger partial charge in [-0.2, -0.15) is 0 Å². The van der Waals surface area contributed by atoms with Crippen LogP contribution >= 0.6 is 0 Å². The molecule has 1 aromatic heterocycles. The summed E-state index contributed by atoms with van der Waals surface area (Å²) in [6.07, 6.45) is 13.4. The molecule has 0 bridgehead atoms. The zero-order valence-corrected chi connectivity index (χ0v) is 20.4. The van der Waals surface area contributed by atoms with E-state index in [-0.39, 0.29) is 23.7 Å². The van der Waals surface area contributed by atoms with Gasteiger partial charge in [0, 0.05) is 12.0 Å². The molecule has 0 aliphatic heterocycles. The quantitative estimate of drug-likeness (QED) is 0.471. The van der Waals surface area contributed by atoms with Crippen molar-refractivity contribution in [1.29, 1.82) is 0 Å². The van der Waals surface area contributed by atoms with Crippen LogP contribution in [0.4, 0.5) is 0 Å². The number of hydrogen-bond donors (Lipinski definition) is 0. The first-order valence-electron chi connectivity index (χ1n) is 12.9. The van der Waals surface area contributed by atoms with Crippen LogP contribution < -0.4 is 4.74 Å². The number of hydrogen-bond acceptors (Lipinski definition) is 4. The number of fused-ring (bicyclic) bond motifs is 3. The van der Waals surface area contributed by atoms with E-state index in [1.165, 1.54) is 64.1 Å². The number of nitrogens with zero attached hydrogens (tertiary/aromatic N) is 1. The Morgan fingerprint density at radius 1 is 1.26 bits per heavy atom. The van der Waals surface area contributed by atoms with Crippen molar-refractivity contribution in [3.8, 4) is 5.88 Å². The van der Waals surface area contributed by atoms with E-state index >= 15 is 0 Å². The first-order chi connectivity index (χ1) is 14.8.